The average Bonchev–Trinajstić information content (AvgIpc) is 3.52. The van der Waals surface area contributed by atoms with Crippen molar-refractivity contribution >= 4 is 78.7 Å². The molecule has 1 N–H and O–H groups in total. The highest BCUT2D eigenvalue weighted by molar-refractivity contribution is 7.21. The fraction of sp³-hybridized carbons (Fsp3) is 0.250. The number of ether oxygens (including phenoxy) is 2. The summed E-state index contributed by atoms with van der Waals surface area (Å²) >= 11 is 15.2. The molecule has 0 unspecified atom stereocenters. The van der Waals surface area contributed by atoms with E-state index in [2.05, 4.69) is 5.32 Å². The third-order valence-corrected chi connectivity index (χ3v) is 9.42. The number of anilines is 1. The lowest BCUT2D eigenvalue weighted by molar-refractivity contribution is -0.117. The number of nitrogens with zero attached hydrogens (tertiary/aromatic N) is 2. The second-order valence-corrected chi connectivity index (χ2v) is 11.8. The Morgan fingerprint density at radius 3 is 2.40 bits per heavy atom. The van der Waals surface area contributed by atoms with Crippen molar-refractivity contribution in [2.24, 2.45) is 0 Å². The van der Waals surface area contributed by atoms with E-state index >= 15 is 0 Å². The molecule has 0 atom stereocenters. The van der Waals surface area contributed by atoms with Gasteiger partial charge in [0.15, 0.2) is 0 Å². The summed E-state index contributed by atoms with van der Waals surface area (Å²) < 4.78 is 11.1. The first-order valence-electron chi connectivity index (χ1n) is 12.3. The van der Waals surface area contributed by atoms with E-state index in [1.165, 1.54) is 29.8 Å². The Hall–Kier alpha value is -3.15. The second-order valence-electron chi connectivity index (χ2n) is 9.08. The topological polar surface area (TPSA) is 88.2 Å². The first kappa shape index (κ1) is 28.4. The van der Waals surface area contributed by atoms with Crippen LogP contribution in [0.1, 0.15) is 20.0 Å². The predicted molar refractivity (Wildman–Crippen MR) is 160 cm³/mol. The van der Waals surface area contributed by atoms with Crippen LogP contribution in [0.5, 0.6) is 5.75 Å². The third-order valence-electron chi connectivity index (χ3n) is 6.65. The third kappa shape index (κ3) is 5.82. The SMILES string of the molecule is COC(=O)c1c(-c2ccc(OC)cc2)csc1NC(=O)CN1CCN(C(=O)c2sc3cc(Cl)ccc3c2Cl)CC1. The van der Waals surface area contributed by atoms with Gasteiger partial charge in [0.2, 0.25) is 5.91 Å². The summed E-state index contributed by atoms with van der Waals surface area (Å²) in [4.78, 5) is 43.0. The van der Waals surface area contributed by atoms with Crippen molar-refractivity contribution in [3.8, 4) is 16.9 Å². The number of carbonyl (C=O) groups is 3. The molecule has 1 aliphatic heterocycles. The summed E-state index contributed by atoms with van der Waals surface area (Å²) in [5, 5.41) is 6.97. The minimum absolute atomic E-state index is 0.126. The van der Waals surface area contributed by atoms with Gasteiger partial charge in [0.25, 0.3) is 5.91 Å². The van der Waals surface area contributed by atoms with Gasteiger partial charge in [0, 0.05) is 52.2 Å². The molecule has 0 saturated carbocycles. The number of halogens is 2. The van der Waals surface area contributed by atoms with E-state index in [9.17, 15) is 14.4 Å². The Morgan fingerprint density at radius 2 is 1.73 bits per heavy atom. The molecule has 0 radical (unpaired) electrons. The molecule has 2 amide bonds. The number of nitrogens with one attached hydrogen (secondary N) is 1. The average molecular weight is 619 g/mol. The van der Waals surface area contributed by atoms with Crippen LogP contribution in [0.15, 0.2) is 47.8 Å². The maximum atomic E-state index is 13.2. The predicted octanol–water partition coefficient (Wildman–Crippen LogP) is 6.13. The van der Waals surface area contributed by atoms with Crippen LogP contribution in [-0.4, -0.2) is 74.5 Å². The number of piperazine rings is 1. The normalized spacial score (nSPS) is 13.8. The molecule has 2 aromatic heterocycles. The lowest BCUT2D eigenvalue weighted by Crippen LogP contribution is -2.50. The van der Waals surface area contributed by atoms with Gasteiger partial charge in [0.1, 0.15) is 21.2 Å². The van der Waals surface area contributed by atoms with E-state index in [-0.39, 0.29) is 18.4 Å². The molecule has 12 heteroatoms. The smallest absolute Gasteiger partial charge is 0.341 e. The summed E-state index contributed by atoms with van der Waals surface area (Å²) in [6.45, 7) is 2.11. The van der Waals surface area contributed by atoms with Crippen molar-refractivity contribution in [1.29, 1.82) is 0 Å². The Kier molecular flexibility index (Phi) is 8.62. The Labute approximate surface area is 249 Å². The van der Waals surface area contributed by atoms with Crippen LogP contribution in [0.25, 0.3) is 21.2 Å². The molecule has 4 aromatic rings. The van der Waals surface area contributed by atoms with Gasteiger partial charge in [0.05, 0.1) is 25.8 Å². The molecule has 0 spiro atoms. The molecule has 1 saturated heterocycles. The van der Waals surface area contributed by atoms with Crippen LogP contribution < -0.4 is 10.1 Å². The standard InChI is InChI=1S/C28H25Cl2N3O5S2/c1-37-18-6-3-16(4-7-18)20-15-39-26(23(20)28(36)38-2)31-22(34)14-32-9-11-33(12-10-32)27(35)25-24(30)19-8-5-17(29)13-21(19)40-25/h3-8,13,15H,9-12,14H2,1-2H3,(H,31,34). The van der Waals surface area contributed by atoms with E-state index in [0.29, 0.717) is 63.0 Å². The van der Waals surface area contributed by atoms with Crippen LogP contribution in [0.2, 0.25) is 10.0 Å². The summed E-state index contributed by atoms with van der Waals surface area (Å²) in [5.41, 5.74) is 1.78. The van der Waals surface area contributed by atoms with Crippen molar-refractivity contribution < 1.29 is 23.9 Å². The van der Waals surface area contributed by atoms with Gasteiger partial charge in [-0.3, -0.25) is 14.5 Å². The van der Waals surface area contributed by atoms with E-state index in [0.717, 1.165) is 15.6 Å². The highest BCUT2D eigenvalue weighted by atomic mass is 35.5. The van der Waals surface area contributed by atoms with Crippen LogP contribution >= 0.6 is 45.9 Å². The van der Waals surface area contributed by atoms with Crippen LogP contribution in [-0.2, 0) is 9.53 Å². The number of carbonyl (C=O) groups excluding carboxylic acids is 3. The molecule has 8 nitrogen and oxygen atoms in total. The fourth-order valence-electron chi connectivity index (χ4n) is 4.54. The largest absolute Gasteiger partial charge is 0.497 e. The molecule has 1 fully saturated rings. The zero-order chi connectivity index (χ0) is 28.4. The number of thiophene rings is 2. The minimum Gasteiger partial charge on any atom is -0.497 e. The summed E-state index contributed by atoms with van der Waals surface area (Å²) in [5.74, 6) is -0.210. The lowest BCUT2D eigenvalue weighted by atomic mass is 10.0. The highest BCUT2D eigenvalue weighted by Gasteiger charge is 2.28. The second kappa shape index (κ2) is 12.2. The van der Waals surface area contributed by atoms with Gasteiger partial charge in [-0.2, -0.15) is 0 Å². The summed E-state index contributed by atoms with van der Waals surface area (Å²) in [6, 6.07) is 12.7. The van der Waals surface area contributed by atoms with E-state index in [1.807, 2.05) is 28.5 Å². The number of fused-ring (bicyclic) bond motifs is 1. The Bertz CT molecular complexity index is 1580. The molecule has 2 aromatic carbocycles. The number of esters is 1. The zero-order valence-corrected chi connectivity index (χ0v) is 24.8. The van der Waals surface area contributed by atoms with Crippen molar-refractivity contribution in [2.45, 2.75) is 0 Å². The zero-order valence-electron chi connectivity index (χ0n) is 21.7. The van der Waals surface area contributed by atoms with Gasteiger partial charge in [-0.15, -0.1) is 22.7 Å². The number of hydrogen-bond donors (Lipinski definition) is 1. The first-order chi connectivity index (χ1) is 19.3. The van der Waals surface area contributed by atoms with Crippen LogP contribution in [0.4, 0.5) is 5.00 Å². The molecule has 5 rings (SSSR count). The van der Waals surface area contributed by atoms with Gasteiger partial charge in [-0.25, -0.2) is 4.79 Å². The fourth-order valence-corrected chi connectivity index (χ4v) is 7.27. The quantitative estimate of drug-likeness (QED) is 0.251. The minimum atomic E-state index is -0.531. The van der Waals surface area contributed by atoms with Gasteiger partial charge >= 0.3 is 5.97 Å². The van der Waals surface area contributed by atoms with Gasteiger partial charge in [-0.05, 0) is 29.8 Å². The Balaban J connectivity index is 1.22. The van der Waals surface area contributed by atoms with Crippen molar-refractivity contribution in [2.75, 3.05) is 52.3 Å². The number of rotatable bonds is 7. The monoisotopic (exact) mass is 617 g/mol. The van der Waals surface area contributed by atoms with Crippen LogP contribution in [0.3, 0.4) is 0 Å². The van der Waals surface area contributed by atoms with Gasteiger partial charge < -0.3 is 19.7 Å². The first-order valence-corrected chi connectivity index (χ1v) is 14.8. The molecule has 1 aliphatic rings. The lowest BCUT2D eigenvalue weighted by Gasteiger charge is -2.34. The molecule has 3 heterocycles. The number of benzene rings is 2. The number of amides is 2. The maximum Gasteiger partial charge on any atom is 0.341 e. The maximum absolute atomic E-state index is 13.2. The van der Waals surface area contributed by atoms with E-state index in [1.54, 1.807) is 36.3 Å². The molecular weight excluding hydrogens is 593 g/mol. The van der Waals surface area contributed by atoms with Gasteiger partial charge in [-0.1, -0.05) is 41.4 Å². The summed E-state index contributed by atoms with van der Waals surface area (Å²) in [6.07, 6.45) is 0. The molecular formula is C28H25Cl2N3O5S2. The van der Waals surface area contributed by atoms with Crippen LogP contribution in [0, 0.1) is 0 Å². The highest BCUT2D eigenvalue weighted by Crippen LogP contribution is 2.38. The molecule has 0 bridgehead atoms. The van der Waals surface area contributed by atoms with E-state index < -0.39 is 5.97 Å². The summed E-state index contributed by atoms with van der Waals surface area (Å²) in [7, 11) is 2.90. The van der Waals surface area contributed by atoms with E-state index in [4.69, 9.17) is 32.7 Å². The van der Waals surface area contributed by atoms with Crippen molar-refractivity contribution in [1.82, 2.24) is 9.80 Å². The number of hydrogen-bond acceptors (Lipinski definition) is 8. The molecule has 0 aliphatic carbocycles. The molecule has 40 heavy (non-hydrogen) atoms. The van der Waals surface area contributed by atoms with Crippen molar-refractivity contribution in [3.05, 3.63) is 68.3 Å². The Morgan fingerprint density at radius 1 is 1.00 bits per heavy atom. The molecule has 208 valence electrons. The van der Waals surface area contributed by atoms with Crippen molar-refractivity contribution in [3.63, 3.8) is 0 Å². The number of methoxy groups -OCH3 is 2.